The third-order valence-electron chi connectivity index (χ3n) is 15.0. The predicted molar refractivity (Wildman–Crippen MR) is 178 cm³/mol. The van der Waals surface area contributed by atoms with Gasteiger partial charge in [0.2, 0.25) is 0 Å². The molecule has 9 nitrogen and oxygen atoms in total. The fraction of sp³-hybridized carbons (Fsp3) is 0.692. The van der Waals surface area contributed by atoms with Gasteiger partial charge in [0, 0.05) is 34.8 Å². The highest BCUT2D eigenvalue weighted by molar-refractivity contribution is 5.92. The molecule has 4 fully saturated rings. The van der Waals surface area contributed by atoms with Crippen molar-refractivity contribution in [3.8, 4) is 11.5 Å². The van der Waals surface area contributed by atoms with Crippen LogP contribution >= 0.6 is 0 Å². The number of piperidine rings is 1. The first-order valence-electron chi connectivity index (χ1n) is 18.1. The largest absolute Gasteiger partial charge is 0.493 e. The van der Waals surface area contributed by atoms with Crippen LogP contribution in [0.1, 0.15) is 76.3 Å². The molecule has 9 heteroatoms. The summed E-state index contributed by atoms with van der Waals surface area (Å²) in [4.78, 5) is 26.7. The molecule has 8 aliphatic rings. The minimum atomic E-state index is -1.54. The molecule has 4 N–H and O–H groups in total. The van der Waals surface area contributed by atoms with Crippen LogP contribution in [-0.2, 0) is 21.4 Å². The van der Waals surface area contributed by atoms with Crippen molar-refractivity contribution < 1.29 is 39.5 Å². The summed E-state index contributed by atoms with van der Waals surface area (Å²) in [5, 5.41) is 42.3. The van der Waals surface area contributed by atoms with Gasteiger partial charge in [-0.25, -0.2) is 0 Å². The molecule has 48 heavy (non-hydrogen) atoms. The SMILES string of the molecule is COc1ccc2c3c1O[C@H]1[C@@H](O)C=C[C@H]4[C@@H](C2)N(C)CC[C@@]341.C[C@]12CCC(=O)C=C1CC[C@@H]1[C@@H]2[C@@H](O)C[C@@]2(C)[C@H]1CC[C@]2(O)C(=O)CO. The average Bonchev–Trinajstić information content (AvgIpc) is 3.56. The van der Waals surface area contributed by atoms with E-state index >= 15 is 0 Å². The summed E-state index contributed by atoms with van der Waals surface area (Å²) >= 11 is 0. The van der Waals surface area contributed by atoms with Crippen LogP contribution in [0, 0.1) is 34.5 Å². The van der Waals surface area contributed by atoms with E-state index in [9.17, 15) is 30.0 Å². The van der Waals surface area contributed by atoms with Crippen molar-refractivity contribution in [2.75, 3.05) is 27.3 Å². The fourth-order valence-corrected chi connectivity index (χ4v) is 12.7. The van der Waals surface area contributed by atoms with Gasteiger partial charge in [0.05, 0.1) is 13.2 Å². The number of likely N-dealkylation sites (N-methyl/N-ethyl adjacent to an activating group) is 1. The van der Waals surface area contributed by atoms with E-state index in [1.54, 1.807) is 13.2 Å². The van der Waals surface area contributed by atoms with Crippen molar-refractivity contribution in [1.82, 2.24) is 4.90 Å². The second kappa shape index (κ2) is 11.0. The Morgan fingerprint density at radius 2 is 1.90 bits per heavy atom. The molecule has 0 aromatic heterocycles. The molecular formula is C39H51NO8. The quantitative estimate of drug-likeness (QED) is 0.360. The van der Waals surface area contributed by atoms with E-state index in [0.29, 0.717) is 31.2 Å². The smallest absolute Gasteiger partial charge is 0.190 e. The number of allylic oxidation sites excluding steroid dienone is 1. The lowest BCUT2D eigenvalue weighted by Gasteiger charge is -2.60. The number of likely N-dealkylation sites (tertiary alicyclic amines) is 1. The molecule has 12 atom stereocenters. The maximum absolute atomic E-state index is 12.4. The number of carbonyl (C=O) groups is 2. The van der Waals surface area contributed by atoms with Crippen molar-refractivity contribution >= 4 is 11.6 Å². The van der Waals surface area contributed by atoms with Crippen LogP contribution in [0.5, 0.6) is 11.5 Å². The van der Waals surface area contributed by atoms with Gasteiger partial charge in [0.1, 0.15) is 24.4 Å². The minimum Gasteiger partial charge on any atom is -0.493 e. The first-order chi connectivity index (χ1) is 22.8. The molecule has 2 aliphatic heterocycles. The van der Waals surface area contributed by atoms with Crippen LogP contribution in [0.25, 0.3) is 0 Å². The average molecular weight is 662 g/mol. The van der Waals surface area contributed by atoms with Gasteiger partial charge in [-0.3, -0.25) is 9.59 Å². The zero-order chi connectivity index (χ0) is 34.0. The van der Waals surface area contributed by atoms with E-state index in [0.717, 1.165) is 56.6 Å². The topological polar surface area (TPSA) is 137 Å². The highest BCUT2D eigenvalue weighted by atomic mass is 16.5. The fourth-order valence-electron chi connectivity index (χ4n) is 12.7. The Morgan fingerprint density at radius 1 is 1.10 bits per heavy atom. The molecular weight excluding hydrogens is 610 g/mol. The lowest BCUT2D eigenvalue weighted by Crippen LogP contribution is -2.64. The zero-order valence-electron chi connectivity index (χ0n) is 28.7. The van der Waals surface area contributed by atoms with E-state index in [1.165, 1.54) is 16.7 Å². The van der Waals surface area contributed by atoms with Crippen LogP contribution < -0.4 is 9.47 Å². The van der Waals surface area contributed by atoms with Gasteiger partial charge in [-0.15, -0.1) is 0 Å². The number of hydrogen-bond acceptors (Lipinski definition) is 9. The number of fused-ring (bicyclic) bond motifs is 5. The van der Waals surface area contributed by atoms with Gasteiger partial charge in [-0.2, -0.15) is 0 Å². The van der Waals surface area contributed by atoms with Crippen molar-refractivity contribution in [3.63, 3.8) is 0 Å². The van der Waals surface area contributed by atoms with Crippen molar-refractivity contribution in [2.24, 2.45) is 34.5 Å². The molecule has 0 unspecified atom stereocenters. The summed E-state index contributed by atoms with van der Waals surface area (Å²) in [5.41, 5.74) is 1.37. The van der Waals surface area contributed by atoms with E-state index in [-0.39, 0.29) is 40.5 Å². The Morgan fingerprint density at radius 3 is 2.65 bits per heavy atom. The van der Waals surface area contributed by atoms with Gasteiger partial charge in [0.15, 0.2) is 23.1 Å². The first-order valence-corrected chi connectivity index (χ1v) is 18.1. The Balaban J connectivity index is 0.000000142. The molecule has 2 bridgehead atoms. The Bertz CT molecular complexity index is 1600. The van der Waals surface area contributed by atoms with E-state index in [1.807, 2.05) is 19.1 Å². The van der Waals surface area contributed by atoms with Crippen LogP contribution in [0.2, 0.25) is 0 Å². The Labute approximate surface area is 283 Å². The molecule has 1 spiro atoms. The molecule has 1 aromatic rings. The van der Waals surface area contributed by atoms with Crippen LogP contribution in [0.3, 0.4) is 0 Å². The van der Waals surface area contributed by atoms with Crippen LogP contribution in [0.4, 0.5) is 0 Å². The third-order valence-corrected chi connectivity index (χ3v) is 15.0. The number of aliphatic hydroxyl groups is 4. The van der Waals surface area contributed by atoms with Crippen molar-refractivity contribution in [3.05, 3.63) is 47.1 Å². The number of Topliss-reactive ketones (excluding diaryl/α,β-unsaturated/α-hetero) is 1. The maximum atomic E-state index is 12.4. The number of rotatable bonds is 3. The summed E-state index contributed by atoms with van der Waals surface area (Å²) in [5.74, 6) is 2.23. The summed E-state index contributed by atoms with van der Waals surface area (Å²) in [6.07, 6.45) is 11.3. The molecule has 0 radical (unpaired) electrons. The maximum Gasteiger partial charge on any atom is 0.190 e. The molecule has 1 aromatic carbocycles. The van der Waals surface area contributed by atoms with Gasteiger partial charge in [-0.05, 0) is 106 Å². The summed E-state index contributed by atoms with van der Waals surface area (Å²) in [6, 6.07) is 4.70. The van der Waals surface area contributed by atoms with E-state index in [4.69, 9.17) is 9.47 Å². The highest BCUT2D eigenvalue weighted by Gasteiger charge is 2.68. The monoisotopic (exact) mass is 661 g/mol. The highest BCUT2D eigenvalue weighted by Crippen LogP contribution is 2.68. The molecule has 0 amide bonds. The number of ketones is 2. The summed E-state index contributed by atoms with van der Waals surface area (Å²) in [6.45, 7) is 4.51. The standard InChI is InChI=1S/C21H30O5.C18H21NO3/c1-19-7-5-13(23)9-12(19)3-4-14-15-6-8-21(26,17(25)11-22)20(15,2)10-16(24)18(14)19;1-19-8-7-18-11-4-5-13(20)17(18)22-16-14(21-2)6-3-10(15(16)18)9-12(11)19/h9,14-16,18,22,24,26H,3-8,10-11H2,1-2H3;3-6,11-13,17,20H,7-9H2,1-2H3/t14-,15-,16-,18+,19-,20-,21-;11-,12+,13-,17-,18-/m00/s1. The molecule has 260 valence electrons. The number of carbonyl (C=O) groups excluding carboxylic acids is 2. The van der Waals surface area contributed by atoms with E-state index < -0.39 is 35.6 Å². The number of aliphatic hydroxyl groups excluding tert-OH is 3. The molecule has 6 aliphatic carbocycles. The number of nitrogens with zero attached hydrogens (tertiary/aromatic N) is 1. The Hall–Kier alpha value is -2.56. The normalized spacial score (nSPS) is 46.2. The van der Waals surface area contributed by atoms with Gasteiger partial charge >= 0.3 is 0 Å². The molecule has 3 saturated carbocycles. The third kappa shape index (κ3) is 4.08. The lowest BCUT2D eigenvalue weighted by molar-refractivity contribution is -0.182. The van der Waals surface area contributed by atoms with Crippen molar-refractivity contribution in [2.45, 2.75) is 107 Å². The number of hydrogen-bond donors (Lipinski definition) is 4. The summed E-state index contributed by atoms with van der Waals surface area (Å²) in [7, 11) is 3.91. The zero-order valence-corrected chi connectivity index (χ0v) is 28.7. The lowest BCUT2D eigenvalue weighted by atomic mass is 9.45. The first kappa shape index (κ1) is 32.6. The molecule has 2 heterocycles. The van der Waals surface area contributed by atoms with Gasteiger partial charge < -0.3 is 34.8 Å². The summed E-state index contributed by atoms with van der Waals surface area (Å²) < 4.78 is 11.8. The number of ether oxygens (including phenoxy) is 2. The van der Waals surface area contributed by atoms with Gasteiger partial charge in [0.25, 0.3) is 0 Å². The van der Waals surface area contributed by atoms with Gasteiger partial charge in [-0.1, -0.05) is 37.6 Å². The molecule has 9 rings (SSSR count). The number of benzene rings is 1. The molecule has 1 saturated heterocycles. The van der Waals surface area contributed by atoms with Crippen molar-refractivity contribution in [1.29, 1.82) is 0 Å². The predicted octanol–water partition coefficient (Wildman–Crippen LogP) is 3.28. The second-order valence-electron chi connectivity index (χ2n) is 16.7. The van der Waals surface area contributed by atoms with Crippen LogP contribution in [0.15, 0.2) is 35.9 Å². The number of methoxy groups -OCH3 is 1. The van der Waals surface area contributed by atoms with Crippen LogP contribution in [-0.4, -0.2) is 94.2 Å². The van der Waals surface area contributed by atoms with E-state index in [2.05, 4.69) is 31.0 Å². The minimum absolute atomic E-state index is 0.0697. The Kier molecular flexibility index (Phi) is 7.46. The second-order valence-corrected chi connectivity index (χ2v) is 16.7.